The quantitative estimate of drug-likeness (QED) is 0.399. The van der Waals surface area contributed by atoms with Crippen molar-refractivity contribution in [2.75, 3.05) is 6.61 Å². The maximum Gasteiger partial charge on any atom is 0.355 e. The highest BCUT2D eigenvalue weighted by Crippen LogP contribution is 2.41. The van der Waals surface area contributed by atoms with Gasteiger partial charge in [-0.2, -0.15) is 0 Å². The first kappa shape index (κ1) is 19.0. The first-order valence-electron chi connectivity index (χ1n) is 8.25. The number of nitrogens with zero attached hydrogens (tertiary/aromatic N) is 2. The van der Waals surface area contributed by atoms with Gasteiger partial charge >= 0.3 is 5.97 Å². The number of rotatable bonds is 5. The number of hydrogen-bond acceptors (Lipinski definition) is 5. The number of esters is 1. The number of halogens is 2. The van der Waals surface area contributed by atoms with Gasteiger partial charge in [0, 0.05) is 18.7 Å². The van der Waals surface area contributed by atoms with Crippen molar-refractivity contribution in [1.82, 2.24) is 4.90 Å². The molecule has 1 aromatic rings. The summed E-state index contributed by atoms with van der Waals surface area (Å²) in [4.78, 5) is 25.1. The van der Waals surface area contributed by atoms with Gasteiger partial charge in [-0.1, -0.05) is 24.3 Å². The van der Waals surface area contributed by atoms with Gasteiger partial charge in [0.25, 0.3) is 5.70 Å². The highest BCUT2D eigenvalue weighted by atomic mass is 79.9. The minimum absolute atomic E-state index is 0.0687. The number of hydrogen-bond donors (Lipinski definition) is 0. The molecule has 0 amide bonds. The lowest BCUT2D eigenvalue weighted by molar-refractivity contribution is -0.419. The van der Waals surface area contributed by atoms with Crippen molar-refractivity contribution in [2.45, 2.75) is 19.5 Å². The molecular weight excluding hydrogens is 419 g/mol. The summed E-state index contributed by atoms with van der Waals surface area (Å²) in [6.07, 6.45) is 6.21. The van der Waals surface area contributed by atoms with Crippen molar-refractivity contribution in [3.05, 3.63) is 91.5 Å². The second-order valence-corrected chi connectivity index (χ2v) is 6.71. The van der Waals surface area contributed by atoms with E-state index >= 15 is 0 Å². The molecule has 6 nitrogen and oxygen atoms in total. The van der Waals surface area contributed by atoms with Gasteiger partial charge in [0.15, 0.2) is 0 Å². The summed E-state index contributed by atoms with van der Waals surface area (Å²) >= 11 is 3.45. The summed E-state index contributed by atoms with van der Waals surface area (Å²) in [6, 6.07) is 5.36. The van der Waals surface area contributed by atoms with E-state index < -0.39 is 16.9 Å². The molecule has 8 heteroatoms. The minimum atomic E-state index is -0.528. The zero-order valence-corrected chi connectivity index (χ0v) is 16.0. The molecule has 0 bridgehead atoms. The Morgan fingerprint density at radius 3 is 2.70 bits per heavy atom. The van der Waals surface area contributed by atoms with E-state index in [4.69, 9.17) is 4.74 Å². The highest BCUT2D eigenvalue weighted by Gasteiger charge is 2.39. The summed E-state index contributed by atoms with van der Waals surface area (Å²) in [5, 5.41) is 11.3. The molecule has 2 aliphatic rings. The Labute approximate surface area is 163 Å². The van der Waals surface area contributed by atoms with Gasteiger partial charge in [-0.25, -0.2) is 9.18 Å². The molecule has 0 radical (unpaired) electrons. The molecule has 3 rings (SSSR count). The Hall–Kier alpha value is -2.74. The van der Waals surface area contributed by atoms with Crippen LogP contribution in [0.3, 0.4) is 0 Å². The van der Waals surface area contributed by atoms with Crippen LogP contribution in [0, 0.1) is 15.9 Å². The third-order valence-corrected chi connectivity index (χ3v) is 5.05. The predicted octanol–water partition coefficient (Wildman–Crippen LogP) is 3.84. The van der Waals surface area contributed by atoms with Gasteiger partial charge in [0.2, 0.25) is 0 Å². The first-order valence-corrected chi connectivity index (χ1v) is 9.04. The van der Waals surface area contributed by atoms with E-state index in [1.54, 1.807) is 36.1 Å². The SMILES string of the molecule is CCOC(=O)C1=C(Br)C2=CC=CC([N+](=O)[O-])=CC2N1Cc1ccc(F)cc1. The van der Waals surface area contributed by atoms with E-state index in [0.717, 1.165) is 5.56 Å². The second kappa shape index (κ2) is 7.87. The number of carbonyl (C=O) groups excluding carboxylic acids is 1. The van der Waals surface area contributed by atoms with Gasteiger partial charge in [-0.3, -0.25) is 10.1 Å². The van der Waals surface area contributed by atoms with Gasteiger partial charge < -0.3 is 9.64 Å². The van der Waals surface area contributed by atoms with Crippen molar-refractivity contribution in [3.8, 4) is 0 Å². The van der Waals surface area contributed by atoms with Crippen LogP contribution in [0.2, 0.25) is 0 Å². The monoisotopic (exact) mass is 434 g/mol. The predicted molar refractivity (Wildman–Crippen MR) is 101 cm³/mol. The highest BCUT2D eigenvalue weighted by molar-refractivity contribution is 9.12. The van der Waals surface area contributed by atoms with Crippen molar-refractivity contribution < 1.29 is 18.8 Å². The standard InChI is InChI=1S/C19H16BrFN2O4/c1-2-27-19(24)18-17(20)15-5-3-4-14(23(25)26)10-16(15)22(18)11-12-6-8-13(21)9-7-12/h3-10,16H,2,11H2,1H3. The van der Waals surface area contributed by atoms with Crippen molar-refractivity contribution in [3.63, 3.8) is 0 Å². The van der Waals surface area contributed by atoms with Crippen LogP contribution in [0.15, 0.2) is 70.0 Å². The van der Waals surface area contributed by atoms with Crippen LogP contribution in [-0.4, -0.2) is 28.4 Å². The molecule has 0 N–H and O–H groups in total. The molecule has 0 aromatic heterocycles. The van der Waals surface area contributed by atoms with Gasteiger partial charge in [-0.15, -0.1) is 0 Å². The van der Waals surface area contributed by atoms with E-state index in [9.17, 15) is 19.3 Å². The molecule has 1 heterocycles. The van der Waals surface area contributed by atoms with Crippen LogP contribution in [0.4, 0.5) is 4.39 Å². The molecule has 1 aromatic carbocycles. The largest absolute Gasteiger partial charge is 0.461 e. The number of nitro groups is 1. The lowest BCUT2D eigenvalue weighted by atomic mass is 10.1. The van der Waals surface area contributed by atoms with Gasteiger partial charge in [-0.05, 0) is 46.1 Å². The van der Waals surface area contributed by atoms with Gasteiger partial charge in [0.05, 0.1) is 22.1 Å². The van der Waals surface area contributed by atoms with E-state index in [1.807, 2.05) is 0 Å². The Balaban J connectivity index is 2.06. The fourth-order valence-electron chi connectivity index (χ4n) is 3.01. The smallest absolute Gasteiger partial charge is 0.355 e. The van der Waals surface area contributed by atoms with Crippen LogP contribution >= 0.6 is 15.9 Å². The van der Waals surface area contributed by atoms with E-state index in [2.05, 4.69) is 15.9 Å². The average Bonchev–Trinajstić information content (AvgIpc) is 2.78. The van der Waals surface area contributed by atoms with Crippen molar-refractivity contribution >= 4 is 21.9 Å². The van der Waals surface area contributed by atoms with Crippen LogP contribution < -0.4 is 0 Å². The molecule has 0 saturated heterocycles. The first-order chi connectivity index (χ1) is 12.9. The van der Waals surface area contributed by atoms with E-state index in [-0.39, 0.29) is 30.4 Å². The fraction of sp³-hybridized carbons (Fsp3) is 0.211. The topological polar surface area (TPSA) is 72.7 Å². The van der Waals surface area contributed by atoms with Crippen LogP contribution in [0.5, 0.6) is 0 Å². The molecule has 1 atom stereocenters. The zero-order valence-electron chi connectivity index (χ0n) is 14.4. The molecule has 0 saturated carbocycles. The Morgan fingerprint density at radius 2 is 2.07 bits per heavy atom. The summed E-state index contributed by atoms with van der Waals surface area (Å²) in [6.45, 7) is 2.16. The lowest BCUT2D eigenvalue weighted by Gasteiger charge is -2.27. The summed E-state index contributed by atoms with van der Waals surface area (Å²) in [7, 11) is 0. The third-order valence-electron chi connectivity index (χ3n) is 4.22. The lowest BCUT2D eigenvalue weighted by Crippen LogP contribution is -2.33. The minimum Gasteiger partial charge on any atom is -0.461 e. The number of ether oxygens (including phenoxy) is 1. The maximum absolute atomic E-state index is 13.2. The normalized spacial score (nSPS) is 18.6. The van der Waals surface area contributed by atoms with E-state index in [1.165, 1.54) is 24.3 Å². The van der Waals surface area contributed by atoms with Crippen LogP contribution in [-0.2, 0) is 16.1 Å². The Kier molecular flexibility index (Phi) is 5.55. The molecule has 0 fully saturated rings. The molecule has 1 aliphatic heterocycles. The Bertz CT molecular complexity index is 903. The van der Waals surface area contributed by atoms with Crippen LogP contribution in [0.1, 0.15) is 12.5 Å². The van der Waals surface area contributed by atoms with E-state index in [0.29, 0.717) is 10.1 Å². The number of allylic oxidation sites excluding steroid dienone is 3. The number of carbonyl (C=O) groups is 1. The van der Waals surface area contributed by atoms with Crippen LogP contribution in [0.25, 0.3) is 0 Å². The Morgan fingerprint density at radius 1 is 1.37 bits per heavy atom. The van der Waals surface area contributed by atoms with Crippen molar-refractivity contribution in [2.24, 2.45) is 0 Å². The number of fused-ring (bicyclic) bond motifs is 1. The molecule has 27 heavy (non-hydrogen) atoms. The number of benzene rings is 1. The summed E-state index contributed by atoms with van der Waals surface area (Å²) < 4.78 is 18.9. The fourth-order valence-corrected chi connectivity index (χ4v) is 3.77. The van der Waals surface area contributed by atoms with Gasteiger partial charge in [0.1, 0.15) is 11.5 Å². The zero-order chi connectivity index (χ0) is 19.6. The second-order valence-electron chi connectivity index (χ2n) is 5.91. The molecule has 1 unspecified atom stereocenters. The summed E-state index contributed by atoms with van der Waals surface area (Å²) in [5.74, 6) is -0.891. The summed E-state index contributed by atoms with van der Waals surface area (Å²) in [5.41, 5.74) is 1.69. The molecule has 140 valence electrons. The molecule has 1 aliphatic carbocycles. The maximum atomic E-state index is 13.2. The molecule has 0 spiro atoms. The third kappa shape index (κ3) is 3.85. The average molecular weight is 435 g/mol. The molecular formula is C19H16BrFN2O4. The van der Waals surface area contributed by atoms with Crippen molar-refractivity contribution in [1.29, 1.82) is 0 Å².